The van der Waals surface area contributed by atoms with E-state index in [4.69, 9.17) is 16.7 Å². The van der Waals surface area contributed by atoms with Gasteiger partial charge in [0.2, 0.25) is 0 Å². The lowest BCUT2D eigenvalue weighted by atomic mass is 10.2. The number of hydrogen-bond donors (Lipinski definition) is 2. The van der Waals surface area contributed by atoms with Gasteiger partial charge in [0.05, 0.1) is 16.3 Å². The van der Waals surface area contributed by atoms with Crippen LogP contribution in [0.4, 0.5) is 20.3 Å². The molecule has 0 atom stereocenters. The van der Waals surface area contributed by atoms with Crippen molar-refractivity contribution in [3.63, 3.8) is 0 Å². The summed E-state index contributed by atoms with van der Waals surface area (Å²) in [7, 11) is 0. The first-order valence-electron chi connectivity index (χ1n) is 5.08. The summed E-state index contributed by atoms with van der Waals surface area (Å²) in [4.78, 5) is 14.5. The molecule has 2 rings (SSSR count). The first-order chi connectivity index (χ1) is 8.97. The van der Waals surface area contributed by atoms with Crippen LogP contribution in [0.2, 0.25) is 5.02 Å². The second-order valence-corrected chi connectivity index (χ2v) is 4.02. The van der Waals surface area contributed by atoms with Gasteiger partial charge < -0.3 is 10.4 Å². The molecule has 1 aromatic heterocycles. The summed E-state index contributed by atoms with van der Waals surface area (Å²) < 4.78 is 26.1. The Morgan fingerprint density at radius 3 is 2.63 bits per heavy atom. The van der Waals surface area contributed by atoms with E-state index < -0.39 is 17.6 Å². The second-order valence-electron chi connectivity index (χ2n) is 3.61. The predicted molar refractivity (Wildman–Crippen MR) is 65.8 cm³/mol. The van der Waals surface area contributed by atoms with Gasteiger partial charge in [0.15, 0.2) is 0 Å². The molecule has 98 valence electrons. The van der Waals surface area contributed by atoms with Crippen LogP contribution in [0.3, 0.4) is 0 Å². The van der Waals surface area contributed by atoms with E-state index in [0.29, 0.717) is 6.07 Å². The number of rotatable bonds is 3. The molecule has 0 aliphatic carbocycles. The highest BCUT2D eigenvalue weighted by atomic mass is 35.5. The lowest BCUT2D eigenvalue weighted by Crippen LogP contribution is -2.01. The number of pyridine rings is 1. The predicted octanol–water partition coefficient (Wildman–Crippen LogP) is 3.46. The highest BCUT2D eigenvalue weighted by Gasteiger charge is 2.10. The number of benzene rings is 1. The van der Waals surface area contributed by atoms with Crippen molar-refractivity contribution in [1.29, 1.82) is 0 Å². The lowest BCUT2D eigenvalue weighted by Gasteiger charge is -2.08. The quantitative estimate of drug-likeness (QED) is 0.906. The number of carboxylic acid groups (broad SMARTS) is 1. The average Bonchev–Trinajstić information content (AvgIpc) is 2.34. The van der Waals surface area contributed by atoms with Crippen LogP contribution in [0.5, 0.6) is 0 Å². The number of aromatic carboxylic acids is 1. The summed E-state index contributed by atoms with van der Waals surface area (Å²) in [5, 5.41) is 11.3. The monoisotopic (exact) mass is 284 g/mol. The molecule has 1 heterocycles. The van der Waals surface area contributed by atoms with Gasteiger partial charge in [-0.05, 0) is 18.2 Å². The zero-order valence-electron chi connectivity index (χ0n) is 9.32. The highest BCUT2D eigenvalue weighted by molar-refractivity contribution is 6.33. The smallest absolute Gasteiger partial charge is 0.337 e. The third-order valence-corrected chi connectivity index (χ3v) is 2.56. The van der Waals surface area contributed by atoms with Gasteiger partial charge >= 0.3 is 5.97 Å². The third-order valence-electron chi connectivity index (χ3n) is 2.27. The van der Waals surface area contributed by atoms with Gasteiger partial charge in [0.1, 0.15) is 17.5 Å². The maximum Gasteiger partial charge on any atom is 0.337 e. The summed E-state index contributed by atoms with van der Waals surface area (Å²) in [5.41, 5.74) is -0.103. The fourth-order valence-electron chi connectivity index (χ4n) is 1.37. The molecule has 0 spiro atoms. The van der Waals surface area contributed by atoms with Gasteiger partial charge in [-0.1, -0.05) is 11.6 Å². The zero-order chi connectivity index (χ0) is 14.0. The number of carboxylic acids is 1. The number of aromatic nitrogens is 1. The Kier molecular flexibility index (Phi) is 3.62. The van der Waals surface area contributed by atoms with Crippen LogP contribution in [0.1, 0.15) is 10.4 Å². The molecule has 7 heteroatoms. The Labute approximate surface area is 111 Å². The van der Waals surface area contributed by atoms with Crippen molar-refractivity contribution in [1.82, 2.24) is 4.98 Å². The maximum absolute atomic E-state index is 13.4. The fraction of sp³-hybridized carbons (Fsp3) is 0. The highest BCUT2D eigenvalue weighted by Crippen LogP contribution is 2.25. The van der Waals surface area contributed by atoms with Gasteiger partial charge in [-0.2, -0.15) is 0 Å². The number of hydrogen-bond acceptors (Lipinski definition) is 3. The molecule has 4 nitrogen and oxygen atoms in total. The molecule has 0 bridgehead atoms. The number of nitrogens with zero attached hydrogens (tertiary/aromatic N) is 1. The molecule has 0 amide bonds. The van der Waals surface area contributed by atoms with E-state index in [1.165, 1.54) is 12.1 Å². The van der Waals surface area contributed by atoms with Crippen molar-refractivity contribution in [2.45, 2.75) is 0 Å². The minimum absolute atomic E-state index is 0.0149. The molecule has 0 saturated carbocycles. The summed E-state index contributed by atoms with van der Waals surface area (Å²) in [6.45, 7) is 0. The van der Waals surface area contributed by atoms with Crippen LogP contribution < -0.4 is 5.32 Å². The van der Waals surface area contributed by atoms with Crippen LogP contribution in [0, 0.1) is 11.6 Å². The Balaban J connectivity index is 2.31. The number of carbonyl (C=O) groups is 1. The Morgan fingerprint density at radius 1 is 1.32 bits per heavy atom. The average molecular weight is 285 g/mol. The maximum atomic E-state index is 13.4. The summed E-state index contributed by atoms with van der Waals surface area (Å²) in [6, 6.07) is 4.15. The van der Waals surface area contributed by atoms with Crippen molar-refractivity contribution in [2.75, 3.05) is 5.32 Å². The minimum Gasteiger partial charge on any atom is -0.478 e. The van der Waals surface area contributed by atoms with Crippen LogP contribution in [0.15, 0.2) is 30.5 Å². The van der Waals surface area contributed by atoms with Crippen molar-refractivity contribution in [3.8, 4) is 0 Å². The third kappa shape index (κ3) is 2.97. The fourth-order valence-corrected chi connectivity index (χ4v) is 1.58. The normalized spacial score (nSPS) is 10.3. The van der Waals surface area contributed by atoms with E-state index in [9.17, 15) is 13.6 Å². The lowest BCUT2D eigenvalue weighted by molar-refractivity contribution is 0.0696. The topological polar surface area (TPSA) is 62.2 Å². The molecule has 0 unspecified atom stereocenters. The van der Waals surface area contributed by atoms with Gasteiger partial charge in [0, 0.05) is 12.3 Å². The van der Waals surface area contributed by atoms with Gasteiger partial charge in [-0.15, -0.1) is 0 Å². The van der Waals surface area contributed by atoms with Crippen LogP contribution in [-0.2, 0) is 0 Å². The summed E-state index contributed by atoms with van der Waals surface area (Å²) >= 11 is 5.82. The van der Waals surface area contributed by atoms with Crippen molar-refractivity contribution in [2.24, 2.45) is 0 Å². The van der Waals surface area contributed by atoms with Crippen molar-refractivity contribution < 1.29 is 18.7 Å². The SMILES string of the molecule is O=C(O)c1cnc(Nc2ccc(F)cc2F)c(Cl)c1. The second kappa shape index (κ2) is 5.19. The zero-order valence-corrected chi connectivity index (χ0v) is 10.1. The molecule has 19 heavy (non-hydrogen) atoms. The van der Waals surface area contributed by atoms with Crippen LogP contribution in [0.25, 0.3) is 0 Å². The van der Waals surface area contributed by atoms with E-state index in [1.54, 1.807) is 0 Å². The minimum atomic E-state index is -1.17. The molecule has 2 N–H and O–H groups in total. The molecule has 1 aromatic carbocycles. The number of anilines is 2. The van der Waals surface area contributed by atoms with E-state index in [2.05, 4.69) is 10.3 Å². The standard InChI is InChI=1S/C12H7ClF2N2O2/c13-8-3-6(12(18)19)5-16-11(8)17-10-2-1-7(14)4-9(10)15/h1-5H,(H,16,17)(H,18,19). The first kappa shape index (κ1) is 13.2. The van der Waals surface area contributed by atoms with E-state index in [0.717, 1.165) is 12.3 Å². The van der Waals surface area contributed by atoms with Crippen molar-refractivity contribution >= 4 is 29.1 Å². The molecule has 0 aliphatic rings. The summed E-state index contributed by atoms with van der Waals surface area (Å²) in [5.74, 6) is -2.60. The molecular weight excluding hydrogens is 278 g/mol. The summed E-state index contributed by atoms with van der Waals surface area (Å²) in [6.07, 6.45) is 1.08. The first-order valence-corrected chi connectivity index (χ1v) is 5.46. The van der Waals surface area contributed by atoms with Gasteiger partial charge in [-0.25, -0.2) is 18.6 Å². The van der Waals surface area contributed by atoms with E-state index in [1.807, 2.05) is 0 Å². The van der Waals surface area contributed by atoms with Gasteiger partial charge in [0.25, 0.3) is 0 Å². The van der Waals surface area contributed by atoms with E-state index in [-0.39, 0.29) is 22.1 Å². The molecule has 2 aromatic rings. The molecule has 0 radical (unpaired) electrons. The van der Waals surface area contributed by atoms with Crippen molar-refractivity contribution in [3.05, 3.63) is 52.7 Å². The van der Waals surface area contributed by atoms with E-state index >= 15 is 0 Å². The molecule has 0 aliphatic heterocycles. The van der Waals surface area contributed by atoms with Gasteiger partial charge in [-0.3, -0.25) is 0 Å². The number of nitrogens with one attached hydrogen (secondary N) is 1. The molecule has 0 fully saturated rings. The number of halogens is 3. The van der Waals surface area contributed by atoms with Crippen LogP contribution in [-0.4, -0.2) is 16.1 Å². The largest absolute Gasteiger partial charge is 0.478 e. The van der Waals surface area contributed by atoms with Crippen LogP contribution >= 0.6 is 11.6 Å². The molecular formula is C12H7ClF2N2O2. The Morgan fingerprint density at radius 2 is 2.05 bits per heavy atom. The molecule has 0 saturated heterocycles. The Hall–Kier alpha value is -2.21. The Bertz CT molecular complexity index is 650.